The van der Waals surface area contributed by atoms with E-state index in [0.29, 0.717) is 5.69 Å². The number of benzene rings is 1. The lowest BCUT2D eigenvalue weighted by molar-refractivity contribution is -0.111. The largest absolute Gasteiger partial charge is 0.323 e. The minimum atomic E-state index is -0.339. The Kier molecular flexibility index (Phi) is 3.47. The Morgan fingerprint density at radius 1 is 1.19 bits per heavy atom. The summed E-state index contributed by atoms with van der Waals surface area (Å²) in [5.41, 5.74) is 2.17. The molecule has 1 amide bonds. The molecule has 1 aromatic carbocycles. The first-order valence-corrected chi connectivity index (χ1v) is 6.39. The SMILES string of the molecule is O=C(/C=C/c1cnc2ccccn12)Nc1ccc(F)cc1. The third-order valence-corrected chi connectivity index (χ3v) is 2.96. The summed E-state index contributed by atoms with van der Waals surface area (Å²) in [4.78, 5) is 16.0. The summed E-state index contributed by atoms with van der Waals surface area (Å²) in [5, 5.41) is 2.66. The molecule has 0 aliphatic heterocycles. The smallest absolute Gasteiger partial charge is 0.248 e. The highest BCUT2D eigenvalue weighted by Gasteiger charge is 2.01. The van der Waals surface area contributed by atoms with E-state index in [1.165, 1.54) is 30.3 Å². The number of hydrogen-bond acceptors (Lipinski definition) is 2. The molecule has 0 aliphatic rings. The van der Waals surface area contributed by atoms with Gasteiger partial charge >= 0.3 is 0 Å². The Morgan fingerprint density at radius 3 is 2.81 bits per heavy atom. The molecule has 0 atom stereocenters. The quantitative estimate of drug-likeness (QED) is 0.750. The van der Waals surface area contributed by atoms with Crippen LogP contribution in [-0.4, -0.2) is 15.3 Å². The molecular weight excluding hydrogens is 269 g/mol. The Hall–Kier alpha value is -2.95. The first-order valence-electron chi connectivity index (χ1n) is 6.39. The molecule has 5 heteroatoms. The highest BCUT2D eigenvalue weighted by molar-refractivity contribution is 6.01. The van der Waals surface area contributed by atoms with Gasteiger partial charge in [0.05, 0.1) is 11.9 Å². The topological polar surface area (TPSA) is 46.4 Å². The predicted octanol–water partition coefficient (Wildman–Crippen LogP) is 3.13. The van der Waals surface area contributed by atoms with Crippen LogP contribution < -0.4 is 5.32 Å². The maximum atomic E-state index is 12.8. The van der Waals surface area contributed by atoms with E-state index in [-0.39, 0.29) is 11.7 Å². The summed E-state index contributed by atoms with van der Waals surface area (Å²) in [6.07, 6.45) is 6.66. The van der Waals surface area contributed by atoms with Crippen LogP contribution in [0.2, 0.25) is 0 Å². The number of carbonyl (C=O) groups is 1. The highest BCUT2D eigenvalue weighted by Crippen LogP contribution is 2.10. The van der Waals surface area contributed by atoms with Gasteiger partial charge in [0.1, 0.15) is 11.5 Å². The van der Waals surface area contributed by atoms with Crippen molar-refractivity contribution in [1.82, 2.24) is 9.38 Å². The van der Waals surface area contributed by atoms with E-state index in [2.05, 4.69) is 10.3 Å². The average molecular weight is 281 g/mol. The summed E-state index contributed by atoms with van der Waals surface area (Å²) in [7, 11) is 0. The summed E-state index contributed by atoms with van der Waals surface area (Å²) < 4.78 is 14.6. The Morgan fingerprint density at radius 2 is 2.00 bits per heavy atom. The third kappa shape index (κ3) is 2.97. The van der Waals surface area contributed by atoms with Gasteiger partial charge in [-0.05, 0) is 42.5 Å². The predicted molar refractivity (Wildman–Crippen MR) is 79.3 cm³/mol. The molecular formula is C16H12FN3O. The van der Waals surface area contributed by atoms with Crippen molar-refractivity contribution in [2.75, 3.05) is 5.32 Å². The van der Waals surface area contributed by atoms with Crippen molar-refractivity contribution in [3.05, 3.63) is 72.4 Å². The normalized spacial score (nSPS) is 11.1. The Labute approximate surface area is 120 Å². The van der Waals surface area contributed by atoms with E-state index in [0.717, 1.165) is 11.3 Å². The fourth-order valence-corrected chi connectivity index (χ4v) is 1.95. The second kappa shape index (κ2) is 5.58. The third-order valence-electron chi connectivity index (χ3n) is 2.96. The molecule has 0 unspecified atom stereocenters. The number of hydrogen-bond donors (Lipinski definition) is 1. The van der Waals surface area contributed by atoms with Crippen LogP contribution in [0.4, 0.5) is 10.1 Å². The fourth-order valence-electron chi connectivity index (χ4n) is 1.95. The van der Waals surface area contributed by atoms with Crippen molar-refractivity contribution >= 4 is 23.3 Å². The molecule has 1 N–H and O–H groups in total. The van der Waals surface area contributed by atoms with E-state index in [1.807, 2.05) is 28.8 Å². The lowest BCUT2D eigenvalue weighted by Gasteiger charge is -2.01. The first-order chi connectivity index (χ1) is 10.2. The van der Waals surface area contributed by atoms with Crippen LogP contribution in [0, 0.1) is 5.82 Å². The van der Waals surface area contributed by atoms with Gasteiger partial charge < -0.3 is 9.72 Å². The van der Waals surface area contributed by atoms with Crippen molar-refractivity contribution < 1.29 is 9.18 Å². The van der Waals surface area contributed by atoms with Gasteiger partial charge in [-0.15, -0.1) is 0 Å². The highest BCUT2D eigenvalue weighted by atomic mass is 19.1. The van der Waals surface area contributed by atoms with Crippen molar-refractivity contribution in [3.63, 3.8) is 0 Å². The summed E-state index contributed by atoms with van der Waals surface area (Å²) in [6, 6.07) is 11.3. The van der Waals surface area contributed by atoms with Crippen LogP contribution >= 0.6 is 0 Å². The van der Waals surface area contributed by atoms with Crippen molar-refractivity contribution in [1.29, 1.82) is 0 Å². The summed E-state index contributed by atoms with van der Waals surface area (Å²) in [6.45, 7) is 0. The van der Waals surface area contributed by atoms with E-state index >= 15 is 0 Å². The van der Waals surface area contributed by atoms with Gasteiger partial charge in [-0.3, -0.25) is 4.79 Å². The molecule has 21 heavy (non-hydrogen) atoms. The molecule has 0 aliphatic carbocycles. The van der Waals surface area contributed by atoms with Gasteiger partial charge in [0, 0.05) is 18.0 Å². The van der Waals surface area contributed by atoms with Crippen molar-refractivity contribution in [2.24, 2.45) is 0 Å². The van der Waals surface area contributed by atoms with Gasteiger partial charge in [-0.25, -0.2) is 9.37 Å². The van der Waals surface area contributed by atoms with E-state index in [9.17, 15) is 9.18 Å². The number of nitrogens with one attached hydrogen (secondary N) is 1. The van der Waals surface area contributed by atoms with Gasteiger partial charge in [0.15, 0.2) is 0 Å². The molecule has 0 bridgehead atoms. The van der Waals surface area contributed by atoms with Crippen molar-refractivity contribution in [2.45, 2.75) is 0 Å². The number of nitrogens with zero attached hydrogens (tertiary/aromatic N) is 2. The molecule has 0 fully saturated rings. The molecule has 104 valence electrons. The molecule has 0 saturated carbocycles. The number of carbonyl (C=O) groups excluding carboxylic acids is 1. The number of halogens is 1. The van der Waals surface area contributed by atoms with E-state index < -0.39 is 0 Å². The molecule has 4 nitrogen and oxygen atoms in total. The van der Waals surface area contributed by atoms with Crippen molar-refractivity contribution in [3.8, 4) is 0 Å². The zero-order valence-electron chi connectivity index (χ0n) is 11.0. The monoisotopic (exact) mass is 281 g/mol. The Balaban J connectivity index is 1.73. The lowest BCUT2D eigenvalue weighted by atomic mass is 10.3. The van der Waals surface area contributed by atoms with Crippen LogP contribution in [-0.2, 0) is 4.79 Å². The molecule has 0 saturated heterocycles. The molecule has 0 spiro atoms. The number of aromatic nitrogens is 2. The molecule has 2 heterocycles. The number of fused-ring (bicyclic) bond motifs is 1. The standard InChI is InChI=1S/C16H12FN3O/c17-12-4-6-13(7-5-12)19-16(21)9-8-14-11-18-15-3-1-2-10-20(14)15/h1-11H,(H,19,21)/b9-8+. The lowest BCUT2D eigenvalue weighted by Crippen LogP contribution is -2.07. The average Bonchev–Trinajstić information content (AvgIpc) is 2.91. The van der Waals surface area contributed by atoms with E-state index in [4.69, 9.17) is 0 Å². The van der Waals surface area contributed by atoms with Crippen LogP contribution in [0.1, 0.15) is 5.69 Å². The number of imidazole rings is 1. The maximum Gasteiger partial charge on any atom is 0.248 e. The molecule has 0 radical (unpaired) electrons. The second-order valence-electron chi connectivity index (χ2n) is 4.44. The maximum absolute atomic E-state index is 12.8. The molecule has 3 aromatic rings. The van der Waals surface area contributed by atoms with Crippen LogP contribution in [0.5, 0.6) is 0 Å². The zero-order valence-corrected chi connectivity index (χ0v) is 11.0. The number of pyridine rings is 1. The molecule has 3 rings (SSSR count). The van der Waals surface area contributed by atoms with Crippen LogP contribution in [0.15, 0.2) is 60.9 Å². The fraction of sp³-hybridized carbons (Fsp3) is 0. The summed E-state index contributed by atoms with van der Waals surface area (Å²) in [5.74, 6) is -0.623. The van der Waals surface area contributed by atoms with E-state index in [1.54, 1.807) is 12.3 Å². The van der Waals surface area contributed by atoms with Crippen LogP contribution in [0.3, 0.4) is 0 Å². The summed E-state index contributed by atoms with van der Waals surface area (Å²) >= 11 is 0. The number of amides is 1. The Bertz CT molecular complexity index is 806. The number of anilines is 1. The van der Waals surface area contributed by atoms with Gasteiger partial charge in [0.25, 0.3) is 0 Å². The second-order valence-corrected chi connectivity index (χ2v) is 4.44. The van der Waals surface area contributed by atoms with Gasteiger partial charge in [-0.2, -0.15) is 0 Å². The number of rotatable bonds is 3. The minimum Gasteiger partial charge on any atom is -0.323 e. The van der Waals surface area contributed by atoms with Gasteiger partial charge in [-0.1, -0.05) is 6.07 Å². The first kappa shape index (κ1) is 13.1. The van der Waals surface area contributed by atoms with Gasteiger partial charge in [0.2, 0.25) is 5.91 Å². The minimum absolute atomic E-state index is 0.285. The van der Waals surface area contributed by atoms with Crippen LogP contribution in [0.25, 0.3) is 11.7 Å². The molecule has 2 aromatic heterocycles. The zero-order chi connectivity index (χ0) is 14.7.